The lowest BCUT2D eigenvalue weighted by atomic mass is 9.87. The van der Waals surface area contributed by atoms with Crippen LogP contribution in [0, 0.1) is 0 Å². The molecule has 0 amide bonds. The maximum absolute atomic E-state index is 13.2. The summed E-state index contributed by atoms with van der Waals surface area (Å²) in [6.07, 6.45) is 2.11. The first-order chi connectivity index (χ1) is 18.5. The smallest absolute Gasteiger partial charge is 0.382 e. The second-order valence-electron chi connectivity index (χ2n) is 10.4. The zero-order valence-corrected chi connectivity index (χ0v) is 22.0. The number of anilines is 1. The SMILES string of the molecule is CS(=O)(=O)c1c(C2CC3CC[C@@H](C2)N3CC(F)(F)F)nc2c(-c3ccc(-c4ccccc4)nc3)cnn2c1N. The van der Waals surface area contributed by atoms with E-state index < -0.39 is 22.6 Å². The van der Waals surface area contributed by atoms with Crippen molar-refractivity contribution in [2.45, 2.75) is 54.8 Å². The van der Waals surface area contributed by atoms with Crippen molar-refractivity contribution in [2.75, 3.05) is 18.5 Å². The lowest BCUT2D eigenvalue weighted by Gasteiger charge is -2.39. The number of halogens is 3. The van der Waals surface area contributed by atoms with Gasteiger partial charge in [-0.15, -0.1) is 0 Å². The predicted molar refractivity (Wildman–Crippen MR) is 141 cm³/mol. The number of pyridine rings is 1. The molecule has 2 fully saturated rings. The van der Waals surface area contributed by atoms with Crippen molar-refractivity contribution < 1.29 is 21.6 Å². The van der Waals surface area contributed by atoms with Crippen LogP contribution < -0.4 is 5.73 Å². The van der Waals surface area contributed by atoms with Crippen LogP contribution in [0.1, 0.15) is 37.3 Å². The summed E-state index contributed by atoms with van der Waals surface area (Å²) < 4.78 is 66.8. The second kappa shape index (κ2) is 9.30. The van der Waals surface area contributed by atoms with Crippen LogP contribution in [0.3, 0.4) is 0 Å². The average Bonchev–Trinajstić information content (AvgIpc) is 3.39. The van der Waals surface area contributed by atoms with Gasteiger partial charge in [0, 0.05) is 47.1 Å². The van der Waals surface area contributed by atoms with Crippen molar-refractivity contribution in [3.63, 3.8) is 0 Å². The standard InChI is InChI=1S/C27H27F3N6O2S/c1-39(37,38)24-23(18-11-19-8-9-20(12-18)35(19)15-27(28,29)30)34-26-21(14-33-36(26)25(24)31)17-7-10-22(32-13-17)16-5-3-2-4-6-16/h2-7,10,13-14,18-20H,8-9,11-12,15,31H2,1H3/t18?,19-,20?/m0/s1. The molecule has 0 radical (unpaired) electrons. The van der Waals surface area contributed by atoms with E-state index in [4.69, 9.17) is 10.7 Å². The maximum Gasteiger partial charge on any atom is 0.401 e. The molecule has 204 valence electrons. The molecule has 6 rings (SSSR count). The minimum Gasteiger partial charge on any atom is -0.382 e. The minimum absolute atomic E-state index is 0.0531. The van der Waals surface area contributed by atoms with E-state index in [1.54, 1.807) is 12.4 Å². The second-order valence-corrected chi connectivity index (χ2v) is 12.4. The summed E-state index contributed by atoms with van der Waals surface area (Å²) in [6.45, 7) is -0.957. The molecule has 2 saturated heterocycles. The van der Waals surface area contributed by atoms with Crippen molar-refractivity contribution in [1.82, 2.24) is 24.5 Å². The fourth-order valence-electron chi connectivity index (χ4n) is 6.17. The topological polar surface area (TPSA) is 106 Å². The van der Waals surface area contributed by atoms with Gasteiger partial charge in [-0.25, -0.2) is 13.4 Å². The van der Waals surface area contributed by atoms with E-state index in [-0.39, 0.29) is 28.7 Å². The number of alkyl halides is 3. The molecule has 2 unspecified atom stereocenters. The highest BCUT2D eigenvalue weighted by Crippen LogP contribution is 2.46. The number of hydrogen-bond donors (Lipinski definition) is 1. The number of nitrogens with two attached hydrogens (primary N) is 1. The third-order valence-corrected chi connectivity index (χ3v) is 8.97. The number of piperidine rings is 1. The Morgan fingerprint density at radius 2 is 1.69 bits per heavy atom. The van der Waals surface area contributed by atoms with Crippen molar-refractivity contribution in [3.8, 4) is 22.4 Å². The third-order valence-electron chi connectivity index (χ3n) is 7.81. The van der Waals surface area contributed by atoms with Crippen LogP contribution in [-0.4, -0.2) is 64.0 Å². The van der Waals surface area contributed by atoms with E-state index in [0.717, 1.165) is 23.1 Å². The van der Waals surface area contributed by atoms with Crippen LogP contribution in [-0.2, 0) is 9.84 Å². The van der Waals surface area contributed by atoms with Crippen LogP contribution in [0.2, 0.25) is 0 Å². The molecule has 1 aromatic carbocycles. The van der Waals surface area contributed by atoms with Crippen molar-refractivity contribution in [3.05, 3.63) is 60.6 Å². The quantitative estimate of drug-likeness (QED) is 0.379. The lowest BCUT2D eigenvalue weighted by Crippen LogP contribution is -2.47. The molecule has 2 aliphatic heterocycles. The van der Waals surface area contributed by atoms with Gasteiger partial charge in [-0.3, -0.25) is 9.88 Å². The van der Waals surface area contributed by atoms with Gasteiger partial charge < -0.3 is 5.73 Å². The van der Waals surface area contributed by atoms with Gasteiger partial charge in [-0.2, -0.15) is 22.8 Å². The highest BCUT2D eigenvalue weighted by molar-refractivity contribution is 7.91. The van der Waals surface area contributed by atoms with Gasteiger partial charge in [0.25, 0.3) is 0 Å². The molecule has 8 nitrogen and oxygen atoms in total. The highest BCUT2D eigenvalue weighted by Gasteiger charge is 2.47. The molecule has 2 aliphatic rings. The van der Waals surface area contributed by atoms with Crippen molar-refractivity contribution in [2.24, 2.45) is 0 Å². The number of fused-ring (bicyclic) bond motifs is 3. The minimum atomic E-state index is -4.29. The number of aromatic nitrogens is 4. The number of sulfone groups is 1. The van der Waals surface area contributed by atoms with Crippen LogP contribution in [0.15, 0.2) is 59.8 Å². The van der Waals surface area contributed by atoms with E-state index in [9.17, 15) is 21.6 Å². The molecule has 2 N–H and O–H groups in total. The summed E-state index contributed by atoms with van der Waals surface area (Å²) >= 11 is 0. The Bertz CT molecular complexity index is 1620. The van der Waals surface area contributed by atoms with Crippen LogP contribution >= 0.6 is 0 Å². The first-order valence-corrected chi connectivity index (χ1v) is 14.6. The Balaban J connectivity index is 1.41. The van der Waals surface area contributed by atoms with Crippen molar-refractivity contribution in [1.29, 1.82) is 0 Å². The molecule has 0 spiro atoms. The van der Waals surface area contributed by atoms with Gasteiger partial charge in [0.2, 0.25) is 0 Å². The number of benzene rings is 1. The molecular weight excluding hydrogens is 529 g/mol. The fraction of sp³-hybridized carbons (Fsp3) is 0.370. The molecule has 0 aliphatic carbocycles. The average molecular weight is 557 g/mol. The fourth-order valence-corrected chi connectivity index (χ4v) is 7.23. The summed E-state index contributed by atoms with van der Waals surface area (Å²) in [5, 5.41) is 4.33. The van der Waals surface area contributed by atoms with Gasteiger partial charge in [0.15, 0.2) is 15.5 Å². The predicted octanol–water partition coefficient (Wildman–Crippen LogP) is 4.72. The number of rotatable bonds is 5. The molecule has 4 aromatic rings. The Hall–Kier alpha value is -3.51. The Morgan fingerprint density at radius 1 is 1.00 bits per heavy atom. The molecule has 12 heteroatoms. The van der Waals surface area contributed by atoms with Crippen LogP contribution in [0.25, 0.3) is 28.0 Å². The van der Waals surface area contributed by atoms with Crippen LogP contribution in [0.5, 0.6) is 0 Å². The summed E-state index contributed by atoms with van der Waals surface area (Å²) in [6, 6.07) is 12.9. The molecule has 0 saturated carbocycles. The first kappa shape index (κ1) is 25.8. The lowest BCUT2D eigenvalue weighted by molar-refractivity contribution is -0.155. The van der Waals surface area contributed by atoms with Gasteiger partial charge >= 0.3 is 6.18 Å². The van der Waals surface area contributed by atoms with Gasteiger partial charge in [0.1, 0.15) is 10.7 Å². The zero-order valence-electron chi connectivity index (χ0n) is 21.1. The Kier molecular flexibility index (Phi) is 6.14. The Morgan fingerprint density at radius 3 is 2.28 bits per heavy atom. The number of nitrogen functional groups attached to an aromatic ring is 1. The normalized spacial score (nSPS) is 22.0. The monoisotopic (exact) mass is 556 g/mol. The summed E-state index contributed by atoms with van der Waals surface area (Å²) in [5.74, 6) is -0.395. The van der Waals surface area contributed by atoms with E-state index in [2.05, 4.69) is 10.1 Å². The highest BCUT2D eigenvalue weighted by atomic mass is 32.2. The Labute approximate surface area is 223 Å². The summed E-state index contributed by atoms with van der Waals surface area (Å²) in [4.78, 5) is 10.8. The van der Waals surface area contributed by atoms with E-state index in [1.165, 1.54) is 9.42 Å². The summed E-state index contributed by atoms with van der Waals surface area (Å²) in [5.41, 5.74) is 10.2. The largest absolute Gasteiger partial charge is 0.401 e. The van der Waals surface area contributed by atoms with E-state index in [1.807, 2.05) is 42.5 Å². The molecular formula is C27H27F3N6O2S. The molecule has 2 bridgehead atoms. The van der Waals surface area contributed by atoms with Gasteiger partial charge in [-0.05, 0) is 31.7 Å². The third kappa shape index (κ3) is 4.76. The van der Waals surface area contributed by atoms with E-state index >= 15 is 0 Å². The molecule has 3 atom stereocenters. The van der Waals surface area contributed by atoms with Gasteiger partial charge in [-0.1, -0.05) is 36.4 Å². The van der Waals surface area contributed by atoms with Crippen LogP contribution in [0.4, 0.5) is 19.0 Å². The summed E-state index contributed by atoms with van der Waals surface area (Å²) in [7, 11) is -3.81. The zero-order chi connectivity index (χ0) is 27.5. The number of hydrogen-bond acceptors (Lipinski definition) is 7. The maximum atomic E-state index is 13.2. The molecule has 39 heavy (non-hydrogen) atoms. The van der Waals surface area contributed by atoms with Gasteiger partial charge in [0.05, 0.1) is 24.1 Å². The first-order valence-electron chi connectivity index (χ1n) is 12.7. The molecule has 3 aromatic heterocycles. The molecule has 5 heterocycles. The van der Waals surface area contributed by atoms with E-state index in [0.29, 0.717) is 42.6 Å². The number of nitrogens with zero attached hydrogens (tertiary/aromatic N) is 5. The van der Waals surface area contributed by atoms with Crippen molar-refractivity contribution >= 4 is 21.3 Å².